The molecule has 3 N–H and O–H groups in total. The molecule has 0 radical (unpaired) electrons. The number of rotatable bonds is 17. The Hall–Kier alpha value is -4.15. The van der Waals surface area contributed by atoms with Crippen LogP contribution < -0.4 is 32.1 Å². The van der Waals surface area contributed by atoms with E-state index in [1.807, 2.05) is 0 Å². The number of ether oxygens (including phenoxy) is 1. The largest absolute Gasteiger partial charge is 0.0473 e. The normalized spacial score (nSPS) is 11.8. The smallest absolute Gasteiger partial charge is 0.0364 e. The zero-order valence-electron chi connectivity index (χ0n) is 28.3. The van der Waals surface area contributed by atoms with Crippen molar-refractivity contribution in [1.29, 1.82) is 0 Å². The van der Waals surface area contributed by atoms with Gasteiger partial charge in [-0.25, -0.2) is 10.2 Å². The van der Waals surface area contributed by atoms with Gasteiger partial charge in [0, 0.05) is 5.56 Å². The van der Waals surface area contributed by atoms with Crippen LogP contribution in [0, 0.1) is 0 Å². The van der Waals surface area contributed by atoms with Crippen LogP contribution in [0.2, 0.25) is 0 Å². The summed E-state index contributed by atoms with van der Waals surface area (Å²) in [5.74, 6) is -0.0854. The van der Waals surface area contributed by atoms with E-state index in [1.165, 1.54) is 60.6 Å². The summed E-state index contributed by atoms with van der Waals surface area (Å²) in [6, 6.07) is 40.6. The first-order chi connectivity index (χ1) is 22.8. The first-order valence-electron chi connectivity index (χ1n) is 17.1. The number of hydrazine groups is 1. The third-order valence-corrected chi connectivity index (χ3v) is 13.5. The van der Waals surface area contributed by atoms with Crippen molar-refractivity contribution >= 4 is 40.9 Å². The van der Waals surface area contributed by atoms with Gasteiger partial charge in [0.05, 0.1) is 5.69 Å². The van der Waals surface area contributed by atoms with Crippen molar-refractivity contribution in [2.45, 2.75) is 77.7 Å². The van der Waals surface area contributed by atoms with Crippen LogP contribution in [0.4, 0.5) is 10.5 Å². The molecule has 4 rings (SSSR count). The molecule has 47 heavy (non-hydrogen) atoms. The van der Waals surface area contributed by atoms with E-state index in [-0.39, 0.29) is 5.91 Å². The molecule has 0 saturated heterocycles. The van der Waals surface area contributed by atoms with Gasteiger partial charge in [0.25, 0.3) is 0 Å². The monoisotopic (exact) mass is 653 g/mol. The topological polar surface area (TPSA) is 79.5 Å². The van der Waals surface area contributed by atoms with E-state index in [9.17, 15) is 9.59 Å². The summed E-state index contributed by atoms with van der Waals surface area (Å²) in [7, 11) is -2.12. The summed E-state index contributed by atoms with van der Waals surface area (Å²) in [5.41, 5.74) is 5.97. The van der Waals surface area contributed by atoms with E-state index < -0.39 is 19.0 Å². The molecule has 0 aromatic heterocycles. The quantitative estimate of drug-likeness (QED) is 0.0611. The molecule has 0 aliphatic rings. The summed E-state index contributed by atoms with van der Waals surface area (Å²) in [6.45, 7) is 6.08. The van der Waals surface area contributed by atoms with Crippen LogP contribution in [0.3, 0.4) is 0 Å². The van der Waals surface area contributed by atoms with E-state index in [1.54, 1.807) is 45.0 Å². The zero-order valence-corrected chi connectivity index (χ0v) is 29.3. The van der Waals surface area contributed by atoms with Gasteiger partial charge in [-0.15, -0.1) is 0 Å². The van der Waals surface area contributed by atoms with Crippen molar-refractivity contribution in [2.75, 3.05) is 18.1 Å². The second kappa shape index (κ2) is 18.3. The first kappa shape index (κ1) is 35.7. The van der Waals surface area contributed by atoms with Crippen LogP contribution in [0.25, 0.3) is 0 Å². The standard InChI is InChI=1S/C40H52N3O3P/c1-40(2,3)46-39(45)43-42-34-29-27-33(28-30-34)38(44)41-31-19-8-6-4-5-7-9-20-32-47(35-21-13-10-14-22-35,36-23-15-11-16-24-36)37-25-17-12-18-26-37/h10-18,21-30,42,47H,4-9,19-20,31-32H2,1-3H3,(H,41,44)(H,43,45). The Bertz CT molecular complexity index is 1390. The summed E-state index contributed by atoms with van der Waals surface area (Å²) >= 11 is 0. The molecule has 2 amide bonds. The molecule has 0 heterocycles. The fourth-order valence-corrected chi connectivity index (χ4v) is 11.0. The van der Waals surface area contributed by atoms with Crippen LogP contribution >= 0.6 is 7.26 Å². The molecule has 0 aliphatic heterocycles. The third-order valence-electron chi connectivity index (χ3n) is 8.42. The van der Waals surface area contributed by atoms with Gasteiger partial charge in [0.2, 0.25) is 0 Å². The maximum Gasteiger partial charge on any atom is -0.0364 e. The van der Waals surface area contributed by atoms with Gasteiger partial charge >= 0.3 is 196 Å². The average Bonchev–Trinajstić information content (AvgIpc) is 3.08. The number of carbonyl (C=O) groups excluding carboxylic acids is 2. The predicted octanol–water partition coefficient (Wildman–Crippen LogP) is 8.12. The van der Waals surface area contributed by atoms with Gasteiger partial charge in [0.1, 0.15) is 5.60 Å². The molecule has 6 nitrogen and oxygen atoms in total. The molecule has 0 atom stereocenters. The minimum Gasteiger partial charge on any atom is -0.0473 e. The van der Waals surface area contributed by atoms with Crippen molar-refractivity contribution < 1.29 is 14.3 Å². The van der Waals surface area contributed by atoms with Crippen molar-refractivity contribution in [3.05, 3.63) is 121 Å². The second-order valence-corrected chi connectivity index (χ2v) is 17.2. The number of benzene rings is 4. The molecule has 250 valence electrons. The van der Waals surface area contributed by atoms with E-state index in [4.69, 9.17) is 4.74 Å². The average molecular weight is 654 g/mol. The van der Waals surface area contributed by atoms with Crippen molar-refractivity contribution in [2.24, 2.45) is 0 Å². The molecular formula is C40H52N3O3P. The van der Waals surface area contributed by atoms with E-state index in [0.29, 0.717) is 17.8 Å². The van der Waals surface area contributed by atoms with Crippen LogP contribution in [-0.4, -0.2) is 30.3 Å². The minimum atomic E-state index is -2.12. The Morgan fingerprint density at radius 1 is 0.596 bits per heavy atom. The molecule has 0 spiro atoms. The maximum atomic E-state index is 12.5. The summed E-state index contributed by atoms with van der Waals surface area (Å²) in [4.78, 5) is 24.3. The Morgan fingerprint density at radius 2 is 1.04 bits per heavy atom. The maximum absolute atomic E-state index is 12.5. The van der Waals surface area contributed by atoms with Gasteiger partial charge in [-0.3, -0.25) is 10.2 Å². The number of anilines is 1. The van der Waals surface area contributed by atoms with Gasteiger partial charge < -0.3 is 4.74 Å². The van der Waals surface area contributed by atoms with Crippen molar-refractivity contribution in [1.82, 2.24) is 10.7 Å². The van der Waals surface area contributed by atoms with E-state index in [2.05, 4.69) is 107 Å². The Labute approximate surface area is 282 Å². The van der Waals surface area contributed by atoms with Crippen LogP contribution in [0.15, 0.2) is 115 Å². The summed E-state index contributed by atoms with van der Waals surface area (Å²) in [5, 5.41) is 7.50. The number of carbonyl (C=O) groups is 2. The number of nitrogens with one attached hydrogen (secondary N) is 3. The predicted molar refractivity (Wildman–Crippen MR) is 200 cm³/mol. The fraction of sp³-hybridized carbons (Fsp3) is 0.350. The summed E-state index contributed by atoms with van der Waals surface area (Å²) in [6.07, 6.45) is 10.2. The SMILES string of the molecule is CC(C)(C)OC(=O)NNc1ccc(C(=O)NCCCCCCCCCC[PH](c2ccccc2)(c2ccccc2)c2ccccc2)cc1. The number of hydrogen-bond acceptors (Lipinski definition) is 4. The Kier molecular flexibility index (Phi) is 13.9. The van der Waals surface area contributed by atoms with E-state index >= 15 is 0 Å². The van der Waals surface area contributed by atoms with Crippen LogP contribution in [0.1, 0.15) is 82.5 Å². The fourth-order valence-electron chi connectivity index (χ4n) is 6.11. The molecule has 4 aromatic rings. The number of amides is 2. The van der Waals surface area contributed by atoms with E-state index in [0.717, 1.165) is 12.8 Å². The Morgan fingerprint density at radius 3 is 1.51 bits per heavy atom. The van der Waals surface area contributed by atoms with Gasteiger partial charge in [-0.1, -0.05) is 0 Å². The second-order valence-electron chi connectivity index (χ2n) is 13.2. The minimum absolute atomic E-state index is 0.0854. The van der Waals surface area contributed by atoms with Crippen LogP contribution in [0.5, 0.6) is 0 Å². The molecule has 0 bridgehead atoms. The molecular weight excluding hydrogens is 601 g/mol. The van der Waals surface area contributed by atoms with Crippen molar-refractivity contribution in [3.63, 3.8) is 0 Å². The third kappa shape index (κ3) is 11.3. The molecule has 0 fully saturated rings. The zero-order chi connectivity index (χ0) is 33.4. The molecule has 0 aliphatic carbocycles. The number of hydrogen-bond donors (Lipinski definition) is 3. The number of unbranched alkanes of at least 4 members (excludes halogenated alkanes) is 7. The molecule has 0 unspecified atom stereocenters. The van der Waals surface area contributed by atoms with Gasteiger partial charge in [0.15, 0.2) is 0 Å². The van der Waals surface area contributed by atoms with Gasteiger partial charge in [-0.05, 0) is 45.0 Å². The molecule has 4 aromatic carbocycles. The molecule has 0 saturated carbocycles. The summed E-state index contributed by atoms with van der Waals surface area (Å²) < 4.78 is 5.20. The Balaban J connectivity index is 1.13. The molecule has 7 heteroatoms. The van der Waals surface area contributed by atoms with Crippen LogP contribution in [-0.2, 0) is 4.74 Å². The first-order valence-corrected chi connectivity index (χ1v) is 19.3. The van der Waals surface area contributed by atoms with Gasteiger partial charge in [-0.2, -0.15) is 0 Å². The van der Waals surface area contributed by atoms with Crippen molar-refractivity contribution in [3.8, 4) is 0 Å².